The molecular formula is C25H22N4O. The SMILES string of the molecule is O=C(Cn1nc(-c2ccccc2)nc1-c1ccccc1)N1CCCc2ccccc21. The number of amides is 1. The highest BCUT2D eigenvalue weighted by Gasteiger charge is 2.24. The first-order chi connectivity index (χ1) is 14.8. The quantitative estimate of drug-likeness (QED) is 0.509. The minimum Gasteiger partial charge on any atom is -0.311 e. The molecule has 0 atom stereocenters. The van der Waals surface area contributed by atoms with Gasteiger partial charge in [-0.3, -0.25) is 4.79 Å². The summed E-state index contributed by atoms with van der Waals surface area (Å²) in [6.07, 6.45) is 1.98. The molecule has 2 heterocycles. The highest BCUT2D eigenvalue weighted by Crippen LogP contribution is 2.28. The van der Waals surface area contributed by atoms with Crippen LogP contribution in [0.15, 0.2) is 84.9 Å². The van der Waals surface area contributed by atoms with E-state index in [2.05, 4.69) is 6.07 Å². The summed E-state index contributed by atoms with van der Waals surface area (Å²) >= 11 is 0. The van der Waals surface area contributed by atoms with Crippen molar-refractivity contribution < 1.29 is 4.79 Å². The number of benzene rings is 3. The van der Waals surface area contributed by atoms with Crippen molar-refractivity contribution in [2.75, 3.05) is 11.4 Å². The van der Waals surface area contributed by atoms with Crippen molar-refractivity contribution in [3.63, 3.8) is 0 Å². The van der Waals surface area contributed by atoms with E-state index in [1.54, 1.807) is 4.68 Å². The molecule has 1 amide bonds. The number of anilines is 1. The molecule has 5 rings (SSSR count). The highest BCUT2D eigenvalue weighted by atomic mass is 16.2. The van der Waals surface area contributed by atoms with Gasteiger partial charge in [0.25, 0.3) is 0 Å². The summed E-state index contributed by atoms with van der Waals surface area (Å²) in [6, 6.07) is 27.9. The number of nitrogens with zero attached hydrogens (tertiary/aromatic N) is 4. The van der Waals surface area contributed by atoms with Crippen LogP contribution in [0.2, 0.25) is 0 Å². The normalized spacial score (nSPS) is 13.1. The van der Waals surface area contributed by atoms with Crippen molar-refractivity contribution >= 4 is 11.6 Å². The Bertz CT molecular complexity index is 1170. The van der Waals surface area contributed by atoms with Crippen molar-refractivity contribution in [1.82, 2.24) is 14.8 Å². The third-order valence-electron chi connectivity index (χ3n) is 5.43. The lowest BCUT2D eigenvalue weighted by atomic mass is 10.0. The lowest BCUT2D eigenvalue weighted by Crippen LogP contribution is -2.38. The number of rotatable bonds is 4. The second kappa shape index (κ2) is 7.95. The monoisotopic (exact) mass is 394 g/mol. The Hall–Kier alpha value is -3.73. The van der Waals surface area contributed by atoms with E-state index in [1.165, 1.54) is 5.56 Å². The van der Waals surface area contributed by atoms with E-state index in [9.17, 15) is 4.79 Å². The average molecular weight is 394 g/mol. The molecule has 0 spiro atoms. The van der Waals surface area contributed by atoms with Crippen LogP contribution in [0.3, 0.4) is 0 Å². The number of aromatic nitrogens is 3. The van der Waals surface area contributed by atoms with Crippen molar-refractivity contribution in [1.29, 1.82) is 0 Å². The summed E-state index contributed by atoms with van der Waals surface area (Å²) < 4.78 is 1.73. The average Bonchev–Trinajstić information content (AvgIpc) is 3.23. The molecule has 148 valence electrons. The number of hydrogen-bond donors (Lipinski definition) is 0. The van der Waals surface area contributed by atoms with E-state index in [0.717, 1.165) is 36.2 Å². The van der Waals surface area contributed by atoms with Gasteiger partial charge in [0.15, 0.2) is 11.6 Å². The Kier molecular flexibility index (Phi) is 4.85. The van der Waals surface area contributed by atoms with Gasteiger partial charge in [0.2, 0.25) is 5.91 Å². The number of carbonyl (C=O) groups is 1. The topological polar surface area (TPSA) is 51.0 Å². The molecule has 30 heavy (non-hydrogen) atoms. The molecule has 0 N–H and O–H groups in total. The zero-order valence-electron chi connectivity index (χ0n) is 16.6. The third-order valence-corrected chi connectivity index (χ3v) is 5.43. The summed E-state index contributed by atoms with van der Waals surface area (Å²) in [6.45, 7) is 0.884. The van der Waals surface area contributed by atoms with Crippen molar-refractivity contribution in [3.05, 3.63) is 90.5 Å². The van der Waals surface area contributed by atoms with Crippen molar-refractivity contribution in [3.8, 4) is 22.8 Å². The molecule has 3 aromatic carbocycles. The van der Waals surface area contributed by atoms with Gasteiger partial charge in [-0.05, 0) is 24.5 Å². The molecular weight excluding hydrogens is 372 g/mol. The Morgan fingerprint density at radius 1 is 0.833 bits per heavy atom. The van der Waals surface area contributed by atoms with E-state index < -0.39 is 0 Å². The Balaban J connectivity index is 1.51. The summed E-state index contributed by atoms with van der Waals surface area (Å²) in [5.41, 5.74) is 4.12. The maximum Gasteiger partial charge on any atom is 0.248 e. The molecule has 4 aromatic rings. The first-order valence-corrected chi connectivity index (χ1v) is 10.2. The fourth-order valence-electron chi connectivity index (χ4n) is 3.97. The lowest BCUT2D eigenvalue weighted by molar-refractivity contribution is -0.119. The van der Waals surface area contributed by atoms with Crippen LogP contribution in [0.4, 0.5) is 5.69 Å². The molecule has 1 aliphatic heterocycles. The Labute approximate surface area is 175 Å². The molecule has 0 saturated carbocycles. The predicted molar refractivity (Wildman–Crippen MR) is 118 cm³/mol. The first-order valence-electron chi connectivity index (χ1n) is 10.2. The van der Waals surface area contributed by atoms with Gasteiger partial charge in [-0.1, -0.05) is 78.9 Å². The smallest absolute Gasteiger partial charge is 0.248 e. The van der Waals surface area contributed by atoms with E-state index >= 15 is 0 Å². The number of hydrogen-bond acceptors (Lipinski definition) is 3. The maximum absolute atomic E-state index is 13.3. The van der Waals surface area contributed by atoms with Crippen LogP contribution in [0.5, 0.6) is 0 Å². The molecule has 0 bridgehead atoms. The molecule has 1 aromatic heterocycles. The van der Waals surface area contributed by atoms with E-state index in [1.807, 2.05) is 83.8 Å². The molecule has 0 radical (unpaired) electrons. The molecule has 0 fully saturated rings. The summed E-state index contributed by atoms with van der Waals surface area (Å²) in [5, 5.41) is 4.71. The van der Waals surface area contributed by atoms with E-state index in [4.69, 9.17) is 10.1 Å². The zero-order chi connectivity index (χ0) is 20.3. The van der Waals surface area contributed by atoms with Crippen LogP contribution >= 0.6 is 0 Å². The van der Waals surface area contributed by atoms with E-state index in [0.29, 0.717) is 11.6 Å². The molecule has 0 saturated heterocycles. The van der Waals surface area contributed by atoms with Gasteiger partial charge in [0.05, 0.1) is 0 Å². The van der Waals surface area contributed by atoms with Gasteiger partial charge < -0.3 is 4.90 Å². The molecule has 0 unspecified atom stereocenters. The second-order valence-corrected chi connectivity index (χ2v) is 7.43. The number of para-hydroxylation sites is 1. The van der Waals surface area contributed by atoms with Gasteiger partial charge in [-0.15, -0.1) is 5.10 Å². The predicted octanol–water partition coefficient (Wildman–Crippen LogP) is 4.59. The first kappa shape index (κ1) is 18.3. The van der Waals surface area contributed by atoms with Crippen molar-refractivity contribution in [2.45, 2.75) is 19.4 Å². The standard InChI is InChI=1S/C25H22N4O/c30-23(28-17-9-15-19-10-7-8-16-22(19)28)18-29-25(21-13-5-2-6-14-21)26-24(27-29)20-11-3-1-4-12-20/h1-8,10-14,16H,9,15,17-18H2. The van der Waals surface area contributed by atoms with Crippen LogP contribution in [-0.4, -0.2) is 27.2 Å². The second-order valence-electron chi connectivity index (χ2n) is 7.43. The largest absolute Gasteiger partial charge is 0.311 e. The number of aryl methyl sites for hydroxylation is 1. The minimum absolute atomic E-state index is 0.0313. The van der Waals surface area contributed by atoms with Crippen molar-refractivity contribution in [2.24, 2.45) is 0 Å². The molecule has 0 aliphatic carbocycles. The van der Waals surface area contributed by atoms with Gasteiger partial charge in [-0.2, -0.15) is 0 Å². The van der Waals surface area contributed by atoms with Gasteiger partial charge >= 0.3 is 0 Å². The van der Waals surface area contributed by atoms with Gasteiger partial charge in [0, 0.05) is 23.4 Å². The van der Waals surface area contributed by atoms with Crippen LogP contribution in [0.25, 0.3) is 22.8 Å². The van der Waals surface area contributed by atoms with Gasteiger partial charge in [-0.25, -0.2) is 9.67 Å². The van der Waals surface area contributed by atoms with Crippen LogP contribution in [-0.2, 0) is 17.8 Å². The highest BCUT2D eigenvalue weighted by molar-refractivity contribution is 5.94. The fourth-order valence-corrected chi connectivity index (χ4v) is 3.97. The summed E-state index contributed by atoms with van der Waals surface area (Å²) in [4.78, 5) is 20.0. The zero-order valence-corrected chi connectivity index (χ0v) is 16.6. The minimum atomic E-state index is 0.0313. The van der Waals surface area contributed by atoms with Gasteiger partial charge in [0.1, 0.15) is 6.54 Å². The Morgan fingerprint density at radius 2 is 1.50 bits per heavy atom. The maximum atomic E-state index is 13.3. The molecule has 1 aliphatic rings. The number of fused-ring (bicyclic) bond motifs is 1. The lowest BCUT2D eigenvalue weighted by Gasteiger charge is -2.29. The van der Waals surface area contributed by atoms with E-state index in [-0.39, 0.29) is 12.5 Å². The third kappa shape index (κ3) is 3.50. The summed E-state index contributed by atoms with van der Waals surface area (Å²) in [7, 11) is 0. The molecule has 5 nitrogen and oxygen atoms in total. The summed E-state index contributed by atoms with van der Waals surface area (Å²) in [5.74, 6) is 1.36. The van der Waals surface area contributed by atoms with Crippen LogP contribution < -0.4 is 4.90 Å². The fraction of sp³-hybridized carbons (Fsp3) is 0.160. The Morgan fingerprint density at radius 3 is 2.27 bits per heavy atom. The van der Waals surface area contributed by atoms with Crippen LogP contribution in [0, 0.1) is 0 Å². The molecule has 5 heteroatoms. The number of carbonyl (C=O) groups excluding carboxylic acids is 1. The van der Waals surface area contributed by atoms with Crippen LogP contribution in [0.1, 0.15) is 12.0 Å².